The SMILES string of the molecule is N#Cc1cccc(S(=O)(=O)N(CCCC(=O)O)[C@@H]2CCS(=O)(=O)C2)c1. The summed E-state index contributed by atoms with van der Waals surface area (Å²) in [5.74, 6) is -1.43. The second-order valence-electron chi connectivity index (χ2n) is 5.81. The van der Waals surface area contributed by atoms with Gasteiger partial charge in [0.1, 0.15) is 0 Å². The lowest BCUT2D eigenvalue weighted by atomic mass is 10.2. The molecule has 0 aromatic heterocycles. The molecule has 1 N–H and O–H groups in total. The van der Waals surface area contributed by atoms with E-state index in [0.29, 0.717) is 0 Å². The van der Waals surface area contributed by atoms with E-state index in [-0.39, 0.29) is 47.8 Å². The number of carbonyl (C=O) groups is 1. The van der Waals surface area contributed by atoms with Crippen molar-refractivity contribution < 1.29 is 26.7 Å². The fourth-order valence-corrected chi connectivity index (χ4v) is 6.31. The molecule has 2 rings (SSSR count). The molecule has 1 heterocycles. The van der Waals surface area contributed by atoms with Gasteiger partial charge < -0.3 is 5.11 Å². The average molecular weight is 386 g/mol. The standard InChI is InChI=1S/C15H18N2O6S2/c16-10-12-3-1-4-14(9-12)25(22,23)17(7-2-5-15(18)19)13-6-8-24(20,21)11-13/h1,3-4,9,13H,2,5-8,11H2,(H,18,19)/t13-/m1/s1. The Morgan fingerprint density at radius 1 is 1.40 bits per heavy atom. The molecular weight excluding hydrogens is 368 g/mol. The number of hydrogen-bond donors (Lipinski definition) is 1. The Balaban J connectivity index is 2.35. The molecule has 1 fully saturated rings. The molecule has 25 heavy (non-hydrogen) atoms. The summed E-state index contributed by atoms with van der Waals surface area (Å²) in [6, 6.07) is 6.60. The first kappa shape index (κ1) is 19.4. The van der Waals surface area contributed by atoms with E-state index in [2.05, 4.69) is 0 Å². The second-order valence-corrected chi connectivity index (χ2v) is 9.93. The number of nitriles is 1. The summed E-state index contributed by atoms with van der Waals surface area (Å²) in [6.07, 6.45) is 0.0271. The van der Waals surface area contributed by atoms with E-state index >= 15 is 0 Å². The molecule has 0 amide bonds. The second kappa shape index (κ2) is 7.51. The molecule has 0 saturated carbocycles. The predicted octanol–water partition coefficient (Wildman–Crippen LogP) is 0.601. The van der Waals surface area contributed by atoms with Crippen LogP contribution in [-0.4, -0.2) is 56.3 Å². The Bertz CT molecular complexity index is 902. The summed E-state index contributed by atoms with van der Waals surface area (Å²) in [5, 5.41) is 17.7. The molecule has 0 radical (unpaired) electrons. The van der Waals surface area contributed by atoms with E-state index in [4.69, 9.17) is 10.4 Å². The van der Waals surface area contributed by atoms with Crippen LogP contribution in [0, 0.1) is 11.3 Å². The molecule has 0 spiro atoms. The van der Waals surface area contributed by atoms with Crippen LogP contribution in [0.3, 0.4) is 0 Å². The Morgan fingerprint density at radius 2 is 2.12 bits per heavy atom. The van der Waals surface area contributed by atoms with E-state index in [1.165, 1.54) is 24.3 Å². The van der Waals surface area contributed by atoms with Gasteiger partial charge in [-0.25, -0.2) is 16.8 Å². The van der Waals surface area contributed by atoms with Crippen LogP contribution in [0.15, 0.2) is 29.2 Å². The molecule has 136 valence electrons. The van der Waals surface area contributed by atoms with Crippen LogP contribution >= 0.6 is 0 Å². The van der Waals surface area contributed by atoms with Gasteiger partial charge in [-0.15, -0.1) is 0 Å². The van der Waals surface area contributed by atoms with E-state index in [1.807, 2.05) is 6.07 Å². The first-order chi connectivity index (χ1) is 11.7. The number of carboxylic acid groups (broad SMARTS) is 1. The lowest BCUT2D eigenvalue weighted by molar-refractivity contribution is -0.137. The third kappa shape index (κ3) is 4.78. The van der Waals surface area contributed by atoms with Crippen molar-refractivity contribution in [3.05, 3.63) is 29.8 Å². The lowest BCUT2D eigenvalue weighted by Crippen LogP contribution is -2.41. The number of rotatable bonds is 7. The van der Waals surface area contributed by atoms with Gasteiger partial charge >= 0.3 is 5.97 Å². The van der Waals surface area contributed by atoms with Crippen molar-refractivity contribution in [1.82, 2.24) is 4.31 Å². The zero-order chi connectivity index (χ0) is 18.7. The fraction of sp³-hybridized carbons (Fsp3) is 0.467. The molecule has 0 aliphatic carbocycles. The molecule has 1 saturated heterocycles. The topological polar surface area (TPSA) is 133 Å². The molecule has 8 nitrogen and oxygen atoms in total. The Kier molecular flexibility index (Phi) is 5.82. The number of carboxylic acids is 1. The van der Waals surface area contributed by atoms with Crippen LogP contribution in [0.4, 0.5) is 0 Å². The van der Waals surface area contributed by atoms with Crippen molar-refractivity contribution in [2.45, 2.75) is 30.2 Å². The number of hydrogen-bond acceptors (Lipinski definition) is 6. The van der Waals surface area contributed by atoms with E-state index < -0.39 is 31.9 Å². The van der Waals surface area contributed by atoms with Gasteiger partial charge in [0, 0.05) is 19.0 Å². The number of benzene rings is 1. The number of nitrogens with zero attached hydrogens (tertiary/aromatic N) is 2. The van der Waals surface area contributed by atoms with Gasteiger partial charge in [0.15, 0.2) is 9.84 Å². The molecule has 0 bridgehead atoms. The van der Waals surface area contributed by atoms with Crippen LogP contribution in [0.25, 0.3) is 0 Å². The summed E-state index contributed by atoms with van der Waals surface area (Å²) in [4.78, 5) is 10.6. The molecule has 1 aliphatic heterocycles. The fourth-order valence-electron chi connectivity index (χ4n) is 2.75. The van der Waals surface area contributed by atoms with Crippen LogP contribution in [0.5, 0.6) is 0 Å². The van der Waals surface area contributed by atoms with E-state index in [1.54, 1.807) is 0 Å². The largest absolute Gasteiger partial charge is 0.481 e. The normalized spacial score (nSPS) is 19.6. The molecule has 1 aromatic carbocycles. The minimum absolute atomic E-state index is 0.0725. The van der Waals surface area contributed by atoms with Crippen molar-refractivity contribution in [3.8, 4) is 6.07 Å². The van der Waals surface area contributed by atoms with Crippen molar-refractivity contribution >= 4 is 25.8 Å². The molecule has 0 unspecified atom stereocenters. The average Bonchev–Trinajstić information content (AvgIpc) is 2.90. The highest BCUT2D eigenvalue weighted by molar-refractivity contribution is 7.92. The first-order valence-corrected chi connectivity index (χ1v) is 10.9. The molecule has 1 aromatic rings. The van der Waals surface area contributed by atoms with Crippen LogP contribution in [0.1, 0.15) is 24.8 Å². The van der Waals surface area contributed by atoms with E-state index in [0.717, 1.165) is 4.31 Å². The van der Waals surface area contributed by atoms with Gasteiger partial charge in [-0.2, -0.15) is 9.57 Å². The number of aliphatic carboxylic acids is 1. The van der Waals surface area contributed by atoms with E-state index in [9.17, 15) is 21.6 Å². The smallest absolute Gasteiger partial charge is 0.303 e. The maximum absolute atomic E-state index is 12.9. The predicted molar refractivity (Wildman–Crippen MR) is 89.0 cm³/mol. The third-order valence-corrected chi connectivity index (χ3v) is 7.65. The summed E-state index contributed by atoms with van der Waals surface area (Å²) >= 11 is 0. The Morgan fingerprint density at radius 3 is 2.68 bits per heavy atom. The minimum Gasteiger partial charge on any atom is -0.481 e. The van der Waals surface area contributed by atoms with Crippen molar-refractivity contribution in [2.75, 3.05) is 18.1 Å². The molecular formula is C15H18N2O6S2. The van der Waals surface area contributed by atoms with Gasteiger partial charge in [-0.1, -0.05) is 6.07 Å². The van der Waals surface area contributed by atoms with Crippen molar-refractivity contribution in [3.63, 3.8) is 0 Å². The van der Waals surface area contributed by atoms with Gasteiger partial charge in [0.05, 0.1) is 28.0 Å². The van der Waals surface area contributed by atoms with Gasteiger partial charge in [-0.05, 0) is 31.0 Å². The minimum atomic E-state index is -4.04. The number of sulfonamides is 1. The van der Waals surface area contributed by atoms with Crippen molar-refractivity contribution in [1.29, 1.82) is 5.26 Å². The summed E-state index contributed by atoms with van der Waals surface area (Å²) < 4.78 is 50.4. The first-order valence-electron chi connectivity index (χ1n) is 7.60. The summed E-state index contributed by atoms with van der Waals surface area (Å²) in [7, 11) is -7.35. The molecule has 1 aliphatic rings. The quantitative estimate of drug-likeness (QED) is 0.725. The van der Waals surface area contributed by atoms with Gasteiger partial charge in [0.25, 0.3) is 0 Å². The van der Waals surface area contributed by atoms with Crippen LogP contribution in [-0.2, 0) is 24.7 Å². The van der Waals surface area contributed by atoms with Crippen LogP contribution < -0.4 is 0 Å². The lowest BCUT2D eigenvalue weighted by Gasteiger charge is -2.27. The van der Waals surface area contributed by atoms with Crippen LogP contribution in [0.2, 0.25) is 0 Å². The van der Waals surface area contributed by atoms with Gasteiger partial charge in [0.2, 0.25) is 10.0 Å². The monoisotopic (exact) mass is 386 g/mol. The number of sulfone groups is 1. The summed E-state index contributed by atoms with van der Waals surface area (Å²) in [5.41, 5.74) is 0.172. The highest BCUT2D eigenvalue weighted by atomic mass is 32.2. The Hall–Kier alpha value is -1.96. The Labute approximate surface area is 146 Å². The highest BCUT2D eigenvalue weighted by Crippen LogP contribution is 2.26. The molecule has 10 heteroatoms. The summed E-state index contributed by atoms with van der Waals surface area (Å²) in [6.45, 7) is -0.0917. The van der Waals surface area contributed by atoms with Crippen molar-refractivity contribution in [2.24, 2.45) is 0 Å². The zero-order valence-electron chi connectivity index (χ0n) is 13.3. The third-order valence-electron chi connectivity index (χ3n) is 3.95. The molecule has 1 atom stereocenters. The highest BCUT2D eigenvalue weighted by Gasteiger charge is 2.38. The zero-order valence-corrected chi connectivity index (χ0v) is 15.0. The maximum atomic E-state index is 12.9. The van der Waals surface area contributed by atoms with Gasteiger partial charge in [-0.3, -0.25) is 4.79 Å². The maximum Gasteiger partial charge on any atom is 0.303 e.